The standard InChI is InChI=1S/C17H19N3S/c18-17(21)16-15(6-3-9-19-16)12-20-10-7-13-4-1-2-5-14(13)8-11-20/h1-6,9H,7-8,10-12H2,(H2,18,21). The fourth-order valence-corrected chi connectivity index (χ4v) is 3.09. The third-order valence-corrected chi connectivity index (χ3v) is 4.23. The second-order valence-corrected chi connectivity index (χ2v) is 5.86. The van der Waals surface area contributed by atoms with Crippen LogP contribution in [-0.2, 0) is 19.4 Å². The molecule has 4 heteroatoms. The molecule has 0 atom stereocenters. The molecule has 2 heterocycles. The monoisotopic (exact) mass is 297 g/mol. The molecule has 0 fully saturated rings. The van der Waals surface area contributed by atoms with Crippen LogP contribution >= 0.6 is 12.2 Å². The molecule has 1 aromatic carbocycles. The molecule has 0 amide bonds. The van der Waals surface area contributed by atoms with Gasteiger partial charge in [0, 0.05) is 25.8 Å². The highest BCUT2D eigenvalue weighted by molar-refractivity contribution is 7.80. The van der Waals surface area contributed by atoms with E-state index in [4.69, 9.17) is 18.0 Å². The van der Waals surface area contributed by atoms with E-state index >= 15 is 0 Å². The minimum absolute atomic E-state index is 0.378. The molecule has 0 unspecified atom stereocenters. The molecule has 21 heavy (non-hydrogen) atoms. The maximum atomic E-state index is 5.77. The Bertz CT molecular complexity index is 627. The zero-order valence-corrected chi connectivity index (χ0v) is 12.8. The number of fused-ring (bicyclic) bond motifs is 1. The van der Waals surface area contributed by atoms with Gasteiger partial charge >= 0.3 is 0 Å². The highest BCUT2D eigenvalue weighted by Crippen LogP contribution is 2.17. The van der Waals surface area contributed by atoms with Crippen LogP contribution in [-0.4, -0.2) is 28.0 Å². The van der Waals surface area contributed by atoms with Gasteiger partial charge in [0.1, 0.15) is 10.7 Å². The summed E-state index contributed by atoms with van der Waals surface area (Å²) in [6.45, 7) is 2.97. The van der Waals surface area contributed by atoms with Crippen molar-refractivity contribution < 1.29 is 0 Å². The van der Waals surface area contributed by atoms with Gasteiger partial charge in [-0.25, -0.2) is 0 Å². The Morgan fingerprint density at radius 3 is 2.38 bits per heavy atom. The molecule has 3 rings (SSSR count). The van der Waals surface area contributed by atoms with E-state index in [2.05, 4.69) is 40.2 Å². The molecule has 0 saturated carbocycles. The van der Waals surface area contributed by atoms with Gasteiger partial charge in [-0.05, 0) is 35.6 Å². The summed E-state index contributed by atoms with van der Waals surface area (Å²) in [6, 6.07) is 12.7. The maximum absolute atomic E-state index is 5.77. The van der Waals surface area contributed by atoms with Crippen molar-refractivity contribution >= 4 is 17.2 Å². The molecule has 0 spiro atoms. The van der Waals surface area contributed by atoms with E-state index in [0.717, 1.165) is 43.7 Å². The number of nitrogens with zero attached hydrogens (tertiary/aromatic N) is 2. The van der Waals surface area contributed by atoms with Gasteiger partial charge in [-0.1, -0.05) is 42.5 Å². The Balaban J connectivity index is 1.74. The van der Waals surface area contributed by atoms with E-state index in [1.54, 1.807) is 6.20 Å². The van der Waals surface area contributed by atoms with Crippen LogP contribution in [0.2, 0.25) is 0 Å². The molecule has 0 saturated heterocycles. The lowest BCUT2D eigenvalue weighted by atomic mass is 10.0. The van der Waals surface area contributed by atoms with Crippen LogP contribution in [0, 0.1) is 0 Å². The third kappa shape index (κ3) is 3.28. The number of rotatable bonds is 3. The number of hydrogen-bond acceptors (Lipinski definition) is 3. The third-order valence-electron chi connectivity index (χ3n) is 4.03. The molecule has 0 radical (unpaired) electrons. The van der Waals surface area contributed by atoms with Gasteiger partial charge in [0.25, 0.3) is 0 Å². The van der Waals surface area contributed by atoms with Gasteiger partial charge in [0.2, 0.25) is 0 Å². The minimum atomic E-state index is 0.378. The average molecular weight is 297 g/mol. The molecule has 3 nitrogen and oxygen atoms in total. The van der Waals surface area contributed by atoms with Crippen LogP contribution < -0.4 is 5.73 Å². The highest BCUT2D eigenvalue weighted by atomic mass is 32.1. The summed E-state index contributed by atoms with van der Waals surface area (Å²) in [4.78, 5) is 7.15. The molecular formula is C17H19N3S. The predicted molar refractivity (Wildman–Crippen MR) is 89.3 cm³/mol. The summed E-state index contributed by atoms with van der Waals surface area (Å²) in [5.74, 6) is 0. The van der Waals surface area contributed by atoms with Crippen molar-refractivity contribution in [2.75, 3.05) is 13.1 Å². The first kappa shape index (κ1) is 14.2. The fraction of sp³-hybridized carbons (Fsp3) is 0.294. The molecule has 1 aliphatic rings. The summed E-state index contributed by atoms with van der Waals surface area (Å²) >= 11 is 5.10. The molecule has 1 aromatic heterocycles. The first-order chi connectivity index (χ1) is 10.2. The van der Waals surface area contributed by atoms with Crippen molar-refractivity contribution in [3.63, 3.8) is 0 Å². The first-order valence-electron chi connectivity index (χ1n) is 7.27. The number of pyridine rings is 1. The summed E-state index contributed by atoms with van der Waals surface area (Å²) < 4.78 is 0. The Labute approximate surface area is 130 Å². The van der Waals surface area contributed by atoms with Gasteiger partial charge in [-0.15, -0.1) is 0 Å². The van der Waals surface area contributed by atoms with Gasteiger partial charge < -0.3 is 5.73 Å². The van der Waals surface area contributed by atoms with E-state index in [0.29, 0.717) is 4.99 Å². The topological polar surface area (TPSA) is 42.1 Å². The van der Waals surface area contributed by atoms with E-state index in [-0.39, 0.29) is 0 Å². The van der Waals surface area contributed by atoms with Crippen LogP contribution in [0.5, 0.6) is 0 Å². The van der Waals surface area contributed by atoms with Crippen LogP contribution in [0.15, 0.2) is 42.6 Å². The largest absolute Gasteiger partial charge is 0.388 e. The van der Waals surface area contributed by atoms with E-state index in [1.165, 1.54) is 11.1 Å². The molecule has 108 valence electrons. The second kappa shape index (κ2) is 6.33. The summed E-state index contributed by atoms with van der Waals surface area (Å²) in [5.41, 5.74) is 10.6. The minimum Gasteiger partial charge on any atom is -0.388 e. The lowest BCUT2D eigenvalue weighted by molar-refractivity contribution is 0.279. The summed E-state index contributed by atoms with van der Waals surface area (Å²) in [5, 5.41) is 0. The number of aromatic nitrogens is 1. The predicted octanol–water partition coefficient (Wildman–Crippen LogP) is 2.32. The van der Waals surface area contributed by atoms with Gasteiger partial charge in [-0.3, -0.25) is 9.88 Å². The van der Waals surface area contributed by atoms with Crippen molar-refractivity contribution in [3.8, 4) is 0 Å². The molecule has 0 bridgehead atoms. The second-order valence-electron chi connectivity index (χ2n) is 5.42. The molecule has 2 aromatic rings. The normalized spacial score (nSPS) is 15.2. The molecule has 1 aliphatic heterocycles. The smallest absolute Gasteiger partial charge is 0.123 e. The van der Waals surface area contributed by atoms with Crippen molar-refractivity contribution in [1.82, 2.24) is 9.88 Å². The van der Waals surface area contributed by atoms with Gasteiger partial charge in [0.15, 0.2) is 0 Å². The van der Waals surface area contributed by atoms with Crippen molar-refractivity contribution in [3.05, 3.63) is 65.0 Å². The number of hydrogen-bond donors (Lipinski definition) is 1. The zero-order chi connectivity index (χ0) is 14.7. The van der Waals surface area contributed by atoms with E-state index < -0.39 is 0 Å². The van der Waals surface area contributed by atoms with Crippen molar-refractivity contribution in [1.29, 1.82) is 0 Å². The van der Waals surface area contributed by atoms with Crippen LogP contribution in [0.1, 0.15) is 22.4 Å². The average Bonchev–Trinajstić information content (AvgIpc) is 2.71. The quantitative estimate of drug-likeness (QED) is 0.883. The van der Waals surface area contributed by atoms with Crippen molar-refractivity contribution in [2.24, 2.45) is 5.73 Å². The SMILES string of the molecule is NC(=S)c1ncccc1CN1CCc2ccccc2CC1. The van der Waals surface area contributed by atoms with Crippen LogP contribution in [0.3, 0.4) is 0 Å². The van der Waals surface area contributed by atoms with Crippen LogP contribution in [0.4, 0.5) is 0 Å². The fourth-order valence-electron chi connectivity index (χ4n) is 2.90. The Morgan fingerprint density at radius 1 is 1.10 bits per heavy atom. The molecule has 0 aliphatic carbocycles. The number of benzene rings is 1. The van der Waals surface area contributed by atoms with Crippen LogP contribution in [0.25, 0.3) is 0 Å². The van der Waals surface area contributed by atoms with Gasteiger partial charge in [-0.2, -0.15) is 0 Å². The maximum Gasteiger partial charge on any atom is 0.123 e. The Morgan fingerprint density at radius 2 is 1.76 bits per heavy atom. The number of nitrogens with two attached hydrogens (primary N) is 1. The van der Waals surface area contributed by atoms with E-state index in [9.17, 15) is 0 Å². The summed E-state index contributed by atoms with van der Waals surface area (Å²) in [7, 11) is 0. The Kier molecular flexibility index (Phi) is 4.27. The lowest BCUT2D eigenvalue weighted by Crippen LogP contribution is -2.27. The number of thiocarbonyl (C=S) groups is 1. The lowest BCUT2D eigenvalue weighted by Gasteiger charge is -2.20. The Hall–Kier alpha value is -1.78. The van der Waals surface area contributed by atoms with Crippen molar-refractivity contribution in [2.45, 2.75) is 19.4 Å². The highest BCUT2D eigenvalue weighted by Gasteiger charge is 2.15. The molecular weight excluding hydrogens is 278 g/mol. The van der Waals surface area contributed by atoms with E-state index in [1.807, 2.05) is 6.07 Å². The van der Waals surface area contributed by atoms with Gasteiger partial charge in [0.05, 0.1) is 0 Å². The summed E-state index contributed by atoms with van der Waals surface area (Å²) in [6.07, 6.45) is 3.94. The zero-order valence-electron chi connectivity index (χ0n) is 12.0. The first-order valence-corrected chi connectivity index (χ1v) is 7.67. The molecule has 2 N–H and O–H groups in total.